The van der Waals surface area contributed by atoms with Gasteiger partial charge in [0.05, 0.1) is 5.75 Å². The summed E-state index contributed by atoms with van der Waals surface area (Å²) >= 11 is 2.97. The Morgan fingerprint density at radius 2 is 2.27 bits per heavy atom. The SMILES string of the molecule is CCOCCCNc1nnc(SCC(=O)N[C@H](C)[C@@H]2C[C@H]3CC[C@H]2C3)s1. The number of rotatable bonds is 11. The van der Waals surface area contributed by atoms with E-state index in [1.165, 1.54) is 48.8 Å². The van der Waals surface area contributed by atoms with Crippen LogP contribution in [0.15, 0.2) is 4.34 Å². The van der Waals surface area contributed by atoms with Crippen LogP contribution in [0.2, 0.25) is 0 Å². The van der Waals surface area contributed by atoms with Gasteiger partial charge in [0.1, 0.15) is 0 Å². The van der Waals surface area contributed by atoms with E-state index in [9.17, 15) is 4.79 Å². The van der Waals surface area contributed by atoms with Gasteiger partial charge in [-0.25, -0.2) is 0 Å². The molecule has 1 aromatic rings. The number of carbonyl (C=O) groups is 1. The number of carbonyl (C=O) groups excluding carboxylic acids is 1. The summed E-state index contributed by atoms with van der Waals surface area (Å²) in [5.41, 5.74) is 0. The molecule has 2 fully saturated rings. The minimum Gasteiger partial charge on any atom is -0.382 e. The highest BCUT2D eigenvalue weighted by atomic mass is 32.2. The number of nitrogens with one attached hydrogen (secondary N) is 2. The summed E-state index contributed by atoms with van der Waals surface area (Å²) in [6, 6.07) is 0.287. The molecule has 146 valence electrons. The molecule has 0 saturated heterocycles. The van der Waals surface area contributed by atoms with E-state index in [4.69, 9.17) is 4.74 Å². The number of hydrogen-bond acceptors (Lipinski definition) is 7. The number of hydrogen-bond donors (Lipinski definition) is 2. The first-order valence-electron chi connectivity index (χ1n) is 9.73. The van der Waals surface area contributed by atoms with Crippen LogP contribution in [0, 0.1) is 17.8 Å². The first-order chi connectivity index (χ1) is 12.7. The predicted molar refractivity (Wildman–Crippen MR) is 107 cm³/mol. The molecule has 6 nitrogen and oxygen atoms in total. The fourth-order valence-electron chi connectivity index (χ4n) is 4.29. The molecule has 2 N–H and O–H groups in total. The van der Waals surface area contributed by atoms with E-state index in [0.717, 1.165) is 47.5 Å². The van der Waals surface area contributed by atoms with Crippen molar-refractivity contribution >= 4 is 34.1 Å². The molecule has 26 heavy (non-hydrogen) atoms. The summed E-state index contributed by atoms with van der Waals surface area (Å²) in [5.74, 6) is 2.94. The van der Waals surface area contributed by atoms with Crippen LogP contribution >= 0.6 is 23.1 Å². The summed E-state index contributed by atoms with van der Waals surface area (Å²) < 4.78 is 6.14. The van der Waals surface area contributed by atoms with Crippen molar-refractivity contribution < 1.29 is 9.53 Å². The summed E-state index contributed by atoms with van der Waals surface area (Å²) in [4.78, 5) is 12.3. The van der Waals surface area contributed by atoms with E-state index in [1.807, 2.05) is 6.92 Å². The van der Waals surface area contributed by atoms with Crippen molar-refractivity contribution in [3.63, 3.8) is 0 Å². The Labute approximate surface area is 164 Å². The van der Waals surface area contributed by atoms with Crippen LogP contribution in [0.4, 0.5) is 5.13 Å². The van der Waals surface area contributed by atoms with E-state index < -0.39 is 0 Å². The number of ether oxygens (including phenoxy) is 1. The van der Waals surface area contributed by atoms with Gasteiger partial charge in [-0.3, -0.25) is 4.79 Å². The third-order valence-corrected chi connectivity index (χ3v) is 7.52. The molecule has 1 heterocycles. The third-order valence-electron chi connectivity index (χ3n) is 5.50. The van der Waals surface area contributed by atoms with Gasteiger partial charge >= 0.3 is 0 Å². The van der Waals surface area contributed by atoms with E-state index in [2.05, 4.69) is 27.8 Å². The molecule has 0 aromatic carbocycles. The van der Waals surface area contributed by atoms with Crippen molar-refractivity contribution in [1.82, 2.24) is 15.5 Å². The minimum absolute atomic E-state index is 0.103. The van der Waals surface area contributed by atoms with Gasteiger partial charge in [-0.05, 0) is 57.3 Å². The van der Waals surface area contributed by atoms with Crippen LogP contribution in [0.25, 0.3) is 0 Å². The lowest BCUT2D eigenvalue weighted by molar-refractivity contribution is -0.119. The molecule has 2 aliphatic rings. The average Bonchev–Trinajstić information content (AvgIpc) is 3.36. The molecule has 2 aliphatic carbocycles. The fraction of sp³-hybridized carbons (Fsp3) is 0.833. The van der Waals surface area contributed by atoms with Gasteiger partial charge in [-0.1, -0.05) is 29.5 Å². The van der Waals surface area contributed by atoms with Crippen molar-refractivity contribution in [2.24, 2.45) is 17.8 Å². The lowest BCUT2D eigenvalue weighted by atomic mass is 9.84. The first kappa shape index (κ1) is 19.9. The van der Waals surface area contributed by atoms with E-state index in [1.54, 1.807) is 0 Å². The highest BCUT2D eigenvalue weighted by Crippen LogP contribution is 2.49. The largest absolute Gasteiger partial charge is 0.382 e. The van der Waals surface area contributed by atoms with Crippen LogP contribution < -0.4 is 10.6 Å². The van der Waals surface area contributed by atoms with Crippen molar-refractivity contribution in [3.05, 3.63) is 0 Å². The van der Waals surface area contributed by atoms with Gasteiger partial charge in [0.25, 0.3) is 0 Å². The van der Waals surface area contributed by atoms with Gasteiger partial charge in [-0.15, -0.1) is 10.2 Å². The maximum Gasteiger partial charge on any atom is 0.230 e. The van der Waals surface area contributed by atoms with Crippen molar-refractivity contribution in [2.45, 2.75) is 56.3 Å². The molecule has 1 amide bonds. The van der Waals surface area contributed by atoms with Crippen molar-refractivity contribution in [1.29, 1.82) is 0 Å². The van der Waals surface area contributed by atoms with Gasteiger partial charge in [-0.2, -0.15) is 0 Å². The Hall–Kier alpha value is -0.860. The summed E-state index contributed by atoms with van der Waals surface area (Å²) in [6.45, 7) is 6.49. The smallest absolute Gasteiger partial charge is 0.230 e. The zero-order valence-electron chi connectivity index (χ0n) is 15.7. The molecule has 3 rings (SSSR count). The minimum atomic E-state index is 0.103. The Morgan fingerprint density at radius 3 is 3.00 bits per heavy atom. The van der Waals surface area contributed by atoms with E-state index in [-0.39, 0.29) is 11.9 Å². The van der Waals surface area contributed by atoms with Gasteiger partial charge in [0.15, 0.2) is 4.34 Å². The number of aromatic nitrogens is 2. The van der Waals surface area contributed by atoms with E-state index >= 15 is 0 Å². The van der Waals surface area contributed by atoms with Crippen LogP contribution in [-0.4, -0.2) is 47.7 Å². The number of nitrogens with zero attached hydrogens (tertiary/aromatic N) is 2. The van der Waals surface area contributed by atoms with Gasteiger partial charge in [0, 0.05) is 25.8 Å². The highest BCUT2D eigenvalue weighted by molar-refractivity contribution is 8.01. The zero-order valence-corrected chi connectivity index (χ0v) is 17.3. The average molecular weight is 399 g/mol. The predicted octanol–water partition coefficient (Wildman–Crippen LogP) is 3.41. The molecule has 1 aromatic heterocycles. The second kappa shape index (κ2) is 9.90. The molecular formula is C18H30N4O2S2. The van der Waals surface area contributed by atoms with Crippen molar-refractivity contribution in [2.75, 3.05) is 30.8 Å². The quantitative estimate of drug-likeness (QED) is 0.439. The Bertz CT molecular complexity index is 583. The molecule has 4 atom stereocenters. The van der Waals surface area contributed by atoms with E-state index in [0.29, 0.717) is 11.7 Å². The maximum atomic E-state index is 12.3. The highest BCUT2D eigenvalue weighted by Gasteiger charge is 2.42. The lowest BCUT2D eigenvalue weighted by Crippen LogP contribution is -2.40. The summed E-state index contributed by atoms with van der Waals surface area (Å²) in [5, 5.41) is 15.5. The monoisotopic (exact) mass is 398 g/mol. The summed E-state index contributed by atoms with van der Waals surface area (Å²) in [6.07, 6.45) is 6.38. The Balaban J connectivity index is 1.33. The molecule has 0 radical (unpaired) electrons. The number of amides is 1. The number of fused-ring (bicyclic) bond motifs is 2. The van der Waals surface area contributed by atoms with Gasteiger partial charge < -0.3 is 15.4 Å². The molecule has 0 spiro atoms. The Kier molecular flexibility index (Phi) is 7.57. The summed E-state index contributed by atoms with van der Waals surface area (Å²) in [7, 11) is 0. The maximum absolute atomic E-state index is 12.3. The Morgan fingerprint density at radius 1 is 1.38 bits per heavy atom. The lowest BCUT2D eigenvalue weighted by Gasteiger charge is -2.28. The third kappa shape index (κ3) is 5.57. The standard InChI is InChI=1S/C18H30N4O2S2/c1-3-24-8-4-7-19-17-21-22-18(26-17)25-11-16(23)20-12(2)15-10-13-5-6-14(15)9-13/h12-15H,3-11H2,1-2H3,(H,19,21)(H,20,23)/t12-,13+,14+,15+/m1/s1. The number of anilines is 1. The van der Waals surface area contributed by atoms with Crippen molar-refractivity contribution in [3.8, 4) is 0 Å². The zero-order chi connectivity index (χ0) is 18.4. The first-order valence-corrected chi connectivity index (χ1v) is 11.5. The molecular weight excluding hydrogens is 368 g/mol. The fourth-order valence-corrected chi connectivity index (χ4v) is 5.88. The van der Waals surface area contributed by atoms with Crippen LogP contribution in [-0.2, 0) is 9.53 Å². The number of thioether (sulfide) groups is 1. The van der Waals surface area contributed by atoms with Crippen LogP contribution in [0.5, 0.6) is 0 Å². The molecule has 0 unspecified atom stereocenters. The second-order valence-electron chi connectivity index (χ2n) is 7.33. The topological polar surface area (TPSA) is 76.1 Å². The molecule has 2 bridgehead atoms. The molecule has 8 heteroatoms. The normalized spacial score (nSPS) is 25.4. The van der Waals surface area contributed by atoms with Gasteiger partial charge in [0.2, 0.25) is 11.0 Å². The van der Waals surface area contributed by atoms with Crippen LogP contribution in [0.3, 0.4) is 0 Å². The van der Waals surface area contributed by atoms with Crippen LogP contribution in [0.1, 0.15) is 46.0 Å². The molecule has 2 saturated carbocycles. The second-order valence-corrected chi connectivity index (χ2v) is 9.53. The molecule has 0 aliphatic heterocycles.